The molecule has 0 aromatic heterocycles. The van der Waals surface area contributed by atoms with E-state index in [4.69, 9.17) is 9.44 Å². The van der Waals surface area contributed by atoms with Gasteiger partial charge in [0.25, 0.3) is 0 Å². The minimum absolute atomic E-state index is 0.0500. The summed E-state index contributed by atoms with van der Waals surface area (Å²) < 4.78 is 27.4. The lowest BCUT2D eigenvalue weighted by molar-refractivity contribution is -0.253. The molecular formula is C9H11BrO5S. The Labute approximate surface area is 102 Å². The summed E-state index contributed by atoms with van der Waals surface area (Å²) >= 11 is 3.03. The fourth-order valence-electron chi connectivity index (χ4n) is 0.999. The molecule has 7 heteroatoms. The Morgan fingerprint density at radius 1 is 1.25 bits per heavy atom. The molecule has 0 saturated heterocycles. The van der Waals surface area contributed by atoms with Crippen LogP contribution in [0.25, 0.3) is 0 Å². The smallest absolute Gasteiger partial charge is 0.310 e. The van der Waals surface area contributed by atoms with Crippen LogP contribution in [0.4, 0.5) is 0 Å². The topological polar surface area (TPSA) is 72.8 Å². The van der Waals surface area contributed by atoms with Gasteiger partial charge in [0, 0.05) is 5.33 Å². The molecule has 0 aliphatic heterocycles. The van der Waals surface area contributed by atoms with Crippen molar-refractivity contribution in [1.29, 1.82) is 0 Å². The molecule has 16 heavy (non-hydrogen) atoms. The number of halogens is 1. The van der Waals surface area contributed by atoms with E-state index in [9.17, 15) is 8.42 Å². The number of alkyl halides is 1. The molecule has 0 radical (unpaired) electrons. The van der Waals surface area contributed by atoms with E-state index in [2.05, 4.69) is 20.8 Å². The van der Waals surface area contributed by atoms with Crippen LogP contribution in [0.1, 0.15) is 5.56 Å². The van der Waals surface area contributed by atoms with Crippen molar-refractivity contribution in [2.45, 2.75) is 6.61 Å². The maximum atomic E-state index is 11.3. The number of hydrogen-bond donors (Lipinski definition) is 1. The van der Waals surface area contributed by atoms with E-state index >= 15 is 0 Å². The molecule has 0 spiro atoms. The lowest BCUT2D eigenvalue weighted by atomic mass is 10.2. The van der Waals surface area contributed by atoms with E-state index in [0.717, 1.165) is 0 Å². The van der Waals surface area contributed by atoms with Crippen molar-refractivity contribution in [3.63, 3.8) is 0 Å². The fraction of sp³-hybridized carbons (Fsp3) is 0.333. The predicted octanol–water partition coefficient (Wildman–Crippen LogP) is 1.78. The van der Waals surface area contributed by atoms with Crippen molar-refractivity contribution in [3.8, 4) is 5.75 Å². The van der Waals surface area contributed by atoms with E-state index in [0.29, 0.717) is 10.9 Å². The van der Waals surface area contributed by atoms with E-state index in [1.54, 1.807) is 12.1 Å². The van der Waals surface area contributed by atoms with Crippen molar-refractivity contribution < 1.29 is 22.7 Å². The first kappa shape index (κ1) is 13.4. The lowest BCUT2D eigenvalue weighted by Gasteiger charge is -2.06. The monoisotopic (exact) mass is 310 g/mol. The van der Waals surface area contributed by atoms with Crippen LogP contribution in [0.2, 0.25) is 0 Å². The van der Waals surface area contributed by atoms with Crippen LogP contribution in [0.3, 0.4) is 0 Å². The van der Waals surface area contributed by atoms with Gasteiger partial charge in [0.05, 0.1) is 5.75 Å². The second-order valence-electron chi connectivity index (χ2n) is 2.95. The largest absolute Gasteiger partial charge is 0.382 e. The SMILES string of the molecule is O=S(=O)(CCBr)Oc1ccc(COO)cc1. The molecular weight excluding hydrogens is 300 g/mol. The molecule has 0 amide bonds. The van der Waals surface area contributed by atoms with Gasteiger partial charge < -0.3 is 4.18 Å². The summed E-state index contributed by atoms with van der Waals surface area (Å²) in [5.74, 6) is 0.150. The van der Waals surface area contributed by atoms with Gasteiger partial charge in [-0.05, 0) is 17.7 Å². The van der Waals surface area contributed by atoms with Crippen molar-refractivity contribution in [1.82, 2.24) is 0 Å². The second kappa shape index (κ2) is 6.19. The summed E-state index contributed by atoms with van der Waals surface area (Å²) in [5, 5.41) is 8.54. The molecule has 0 unspecified atom stereocenters. The number of benzene rings is 1. The molecule has 0 aliphatic carbocycles. The summed E-state index contributed by atoms with van der Waals surface area (Å²) in [4.78, 5) is 3.94. The molecule has 0 aliphatic rings. The van der Waals surface area contributed by atoms with Crippen LogP contribution < -0.4 is 4.18 Å². The zero-order valence-corrected chi connectivity index (χ0v) is 10.7. The van der Waals surface area contributed by atoms with Crippen LogP contribution in [-0.2, 0) is 21.6 Å². The number of rotatable bonds is 6. The fourth-order valence-corrected chi connectivity index (χ4v) is 2.86. The molecule has 1 aromatic carbocycles. The highest BCUT2D eigenvalue weighted by molar-refractivity contribution is 9.09. The third kappa shape index (κ3) is 4.48. The lowest BCUT2D eigenvalue weighted by Crippen LogP contribution is -2.14. The Balaban J connectivity index is 2.68. The Kier molecular flexibility index (Phi) is 5.20. The quantitative estimate of drug-likeness (QED) is 0.375. The van der Waals surface area contributed by atoms with Crippen molar-refractivity contribution in [3.05, 3.63) is 29.8 Å². The maximum absolute atomic E-state index is 11.3. The van der Waals surface area contributed by atoms with Gasteiger partial charge in [0.15, 0.2) is 0 Å². The average molecular weight is 311 g/mol. The van der Waals surface area contributed by atoms with Crippen molar-refractivity contribution in [2.75, 3.05) is 11.1 Å². The first-order valence-corrected chi connectivity index (χ1v) is 7.11. The highest BCUT2D eigenvalue weighted by atomic mass is 79.9. The Morgan fingerprint density at radius 2 is 1.88 bits per heavy atom. The third-order valence-corrected chi connectivity index (χ3v) is 3.78. The average Bonchev–Trinajstić information content (AvgIpc) is 2.21. The third-order valence-electron chi connectivity index (χ3n) is 1.70. The normalized spacial score (nSPS) is 11.4. The Bertz CT molecular complexity index is 414. The van der Waals surface area contributed by atoms with Gasteiger partial charge in [-0.2, -0.15) is 8.42 Å². The highest BCUT2D eigenvalue weighted by Gasteiger charge is 2.11. The molecule has 0 atom stereocenters. The van der Waals surface area contributed by atoms with Crippen molar-refractivity contribution >= 4 is 26.0 Å². The van der Waals surface area contributed by atoms with Crippen LogP contribution in [-0.4, -0.2) is 24.8 Å². The van der Waals surface area contributed by atoms with E-state index in [-0.39, 0.29) is 18.1 Å². The molecule has 0 fully saturated rings. The van der Waals surface area contributed by atoms with Gasteiger partial charge in [-0.1, -0.05) is 28.1 Å². The summed E-state index contributed by atoms with van der Waals surface area (Å²) in [7, 11) is -3.54. The zero-order valence-electron chi connectivity index (χ0n) is 8.30. The molecule has 0 bridgehead atoms. The van der Waals surface area contributed by atoms with Gasteiger partial charge in [0.1, 0.15) is 12.4 Å². The van der Waals surface area contributed by atoms with E-state index in [1.807, 2.05) is 0 Å². The van der Waals surface area contributed by atoms with Gasteiger partial charge in [-0.25, -0.2) is 4.89 Å². The summed E-state index contributed by atoms with van der Waals surface area (Å²) in [5.41, 5.74) is 0.715. The summed E-state index contributed by atoms with van der Waals surface area (Å²) in [6.45, 7) is 0.0500. The molecule has 1 N–H and O–H groups in total. The van der Waals surface area contributed by atoms with Crippen LogP contribution >= 0.6 is 15.9 Å². The minimum atomic E-state index is -3.54. The summed E-state index contributed by atoms with van der Waals surface area (Å²) in [6, 6.07) is 6.21. The summed E-state index contributed by atoms with van der Waals surface area (Å²) in [6.07, 6.45) is 0. The Hall–Kier alpha value is -0.630. The van der Waals surface area contributed by atoms with Crippen LogP contribution in [0, 0.1) is 0 Å². The molecule has 5 nitrogen and oxygen atoms in total. The second-order valence-corrected chi connectivity index (χ2v) is 5.43. The van der Waals surface area contributed by atoms with Gasteiger partial charge >= 0.3 is 10.1 Å². The van der Waals surface area contributed by atoms with Gasteiger partial charge in [-0.3, -0.25) is 5.26 Å². The van der Waals surface area contributed by atoms with Crippen molar-refractivity contribution in [2.24, 2.45) is 0 Å². The minimum Gasteiger partial charge on any atom is -0.382 e. The van der Waals surface area contributed by atoms with Crippen LogP contribution in [0.5, 0.6) is 5.75 Å². The Morgan fingerprint density at radius 3 is 2.38 bits per heavy atom. The molecule has 1 aromatic rings. The van der Waals surface area contributed by atoms with Crippen LogP contribution in [0.15, 0.2) is 24.3 Å². The molecule has 1 rings (SSSR count). The van der Waals surface area contributed by atoms with E-state index < -0.39 is 10.1 Å². The van der Waals surface area contributed by atoms with Gasteiger partial charge in [-0.15, -0.1) is 0 Å². The standard InChI is InChI=1S/C9H11BrO5S/c10-5-6-16(12,13)15-9-3-1-8(2-4-9)7-14-11/h1-4,11H,5-7H2. The maximum Gasteiger partial charge on any atom is 0.310 e. The molecule has 0 saturated carbocycles. The van der Waals surface area contributed by atoms with Gasteiger partial charge in [0.2, 0.25) is 0 Å². The first-order chi connectivity index (χ1) is 7.57. The van der Waals surface area contributed by atoms with E-state index in [1.165, 1.54) is 12.1 Å². The molecule has 0 heterocycles. The zero-order chi connectivity index (χ0) is 12.0. The molecule has 90 valence electrons. The highest BCUT2D eigenvalue weighted by Crippen LogP contribution is 2.15. The first-order valence-electron chi connectivity index (χ1n) is 4.41. The number of hydrogen-bond acceptors (Lipinski definition) is 5. The predicted molar refractivity (Wildman–Crippen MR) is 62.1 cm³/mol.